The Balaban J connectivity index is 1.19. The summed E-state index contributed by atoms with van der Waals surface area (Å²) in [4.78, 5) is 9.05. The number of pyridine rings is 1. The van der Waals surface area contributed by atoms with Crippen LogP contribution in [0.4, 0.5) is 11.4 Å². The van der Waals surface area contributed by atoms with E-state index in [0.29, 0.717) is 0 Å². The van der Waals surface area contributed by atoms with Crippen molar-refractivity contribution in [3.63, 3.8) is 0 Å². The maximum atomic E-state index is 4.09. The highest BCUT2D eigenvalue weighted by Crippen LogP contribution is 2.28. The summed E-state index contributed by atoms with van der Waals surface area (Å²) >= 11 is 0. The van der Waals surface area contributed by atoms with Gasteiger partial charge in [0.1, 0.15) is 0 Å². The molecule has 0 atom stereocenters. The van der Waals surface area contributed by atoms with Gasteiger partial charge in [0.15, 0.2) is 0 Å². The summed E-state index contributed by atoms with van der Waals surface area (Å²) in [6, 6.07) is 13.9. The predicted octanol–water partition coefficient (Wildman–Crippen LogP) is 4.59. The van der Waals surface area contributed by atoms with E-state index in [4.69, 9.17) is 0 Å². The summed E-state index contributed by atoms with van der Waals surface area (Å²) in [5.74, 6) is 0.842. The molecule has 0 unspecified atom stereocenters. The molecule has 28 heavy (non-hydrogen) atoms. The van der Waals surface area contributed by atoms with Crippen LogP contribution in [-0.4, -0.2) is 42.6 Å². The lowest BCUT2D eigenvalue weighted by Crippen LogP contribution is -2.42. The molecule has 150 valence electrons. The van der Waals surface area contributed by atoms with Gasteiger partial charge in [0.25, 0.3) is 0 Å². The van der Waals surface area contributed by atoms with E-state index in [0.717, 1.165) is 30.7 Å². The average molecular weight is 379 g/mol. The van der Waals surface area contributed by atoms with Crippen LogP contribution in [0, 0.1) is 5.92 Å². The fourth-order valence-corrected chi connectivity index (χ4v) is 4.77. The Kier molecular flexibility index (Phi) is 6.61. The Labute approximate surface area is 170 Å². The second-order valence-electron chi connectivity index (χ2n) is 8.48. The zero-order chi connectivity index (χ0) is 19.2. The van der Waals surface area contributed by atoms with Crippen LogP contribution in [0.25, 0.3) is 0 Å². The molecule has 2 fully saturated rings. The van der Waals surface area contributed by atoms with E-state index in [1.54, 1.807) is 0 Å². The van der Waals surface area contributed by atoms with Gasteiger partial charge in [0.2, 0.25) is 0 Å². The predicted molar refractivity (Wildman–Crippen MR) is 117 cm³/mol. The fourth-order valence-electron chi connectivity index (χ4n) is 4.77. The Bertz CT molecular complexity index is 701. The summed E-state index contributed by atoms with van der Waals surface area (Å²) in [7, 11) is 2.10. The summed E-state index contributed by atoms with van der Waals surface area (Å²) in [6.45, 7) is 4.74. The summed E-state index contributed by atoms with van der Waals surface area (Å²) in [5.41, 5.74) is 3.72. The molecule has 4 nitrogen and oxygen atoms in total. The van der Waals surface area contributed by atoms with Gasteiger partial charge in [-0.15, -0.1) is 0 Å². The number of nitrogens with zero attached hydrogens (tertiary/aromatic N) is 3. The van der Waals surface area contributed by atoms with Crippen LogP contribution >= 0.6 is 0 Å². The highest BCUT2D eigenvalue weighted by Gasteiger charge is 2.26. The molecule has 0 spiro atoms. The zero-order valence-electron chi connectivity index (χ0n) is 17.2. The zero-order valence-corrected chi connectivity index (χ0v) is 17.2. The van der Waals surface area contributed by atoms with Gasteiger partial charge >= 0.3 is 0 Å². The average Bonchev–Trinajstić information content (AvgIpc) is 3.30. The van der Waals surface area contributed by atoms with E-state index < -0.39 is 0 Å². The van der Waals surface area contributed by atoms with Gasteiger partial charge < -0.3 is 15.1 Å². The molecule has 2 heterocycles. The molecule has 1 saturated carbocycles. The van der Waals surface area contributed by atoms with Gasteiger partial charge in [-0.25, -0.2) is 0 Å². The topological polar surface area (TPSA) is 31.4 Å². The van der Waals surface area contributed by atoms with Crippen LogP contribution in [0.2, 0.25) is 0 Å². The van der Waals surface area contributed by atoms with Crippen molar-refractivity contribution >= 4 is 11.4 Å². The number of aromatic nitrogens is 1. The molecular formula is C24H34N4. The summed E-state index contributed by atoms with van der Waals surface area (Å²) in [5, 5.41) is 3.70. The molecule has 0 radical (unpaired) electrons. The number of rotatable bonds is 7. The summed E-state index contributed by atoms with van der Waals surface area (Å²) < 4.78 is 0. The smallest absolute Gasteiger partial charge is 0.0438 e. The Morgan fingerprint density at radius 3 is 2.25 bits per heavy atom. The van der Waals surface area contributed by atoms with Crippen LogP contribution in [0.5, 0.6) is 0 Å². The first-order valence-corrected chi connectivity index (χ1v) is 11.0. The molecule has 0 amide bonds. The number of hydrogen-bond donors (Lipinski definition) is 1. The Morgan fingerprint density at radius 1 is 0.929 bits per heavy atom. The minimum absolute atomic E-state index is 0.842. The van der Waals surface area contributed by atoms with Crippen molar-refractivity contribution in [2.75, 3.05) is 31.6 Å². The SMILES string of the molecule is CN(c1ccncc1)c1ccc(CNCC2CCN(C3CCCC3)CC2)cc1. The molecular weight excluding hydrogens is 344 g/mol. The van der Waals surface area contributed by atoms with Crippen molar-refractivity contribution < 1.29 is 0 Å². The number of anilines is 2. The van der Waals surface area contributed by atoms with E-state index >= 15 is 0 Å². The minimum Gasteiger partial charge on any atom is -0.345 e. The highest BCUT2D eigenvalue weighted by atomic mass is 15.2. The van der Waals surface area contributed by atoms with Crippen LogP contribution in [0.1, 0.15) is 44.1 Å². The van der Waals surface area contributed by atoms with Crippen LogP contribution < -0.4 is 10.2 Å². The lowest BCUT2D eigenvalue weighted by Gasteiger charge is -2.36. The van der Waals surface area contributed by atoms with Crippen molar-refractivity contribution in [2.45, 2.75) is 51.1 Å². The van der Waals surface area contributed by atoms with Crippen LogP contribution in [0.15, 0.2) is 48.8 Å². The number of nitrogens with one attached hydrogen (secondary N) is 1. The number of benzene rings is 1. The van der Waals surface area contributed by atoms with E-state index in [-0.39, 0.29) is 0 Å². The first-order valence-electron chi connectivity index (χ1n) is 11.0. The molecule has 0 bridgehead atoms. The minimum atomic E-state index is 0.842. The third kappa shape index (κ3) is 4.92. The van der Waals surface area contributed by atoms with Gasteiger partial charge in [-0.05, 0) is 81.1 Å². The molecule has 2 aliphatic rings. The Hall–Kier alpha value is -1.91. The number of likely N-dealkylation sites (tertiary alicyclic amines) is 1. The molecule has 1 aromatic carbocycles. The summed E-state index contributed by atoms with van der Waals surface area (Å²) in [6.07, 6.45) is 12.2. The largest absolute Gasteiger partial charge is 0.345 e. The van der Waals surface area contributed by atoms with E-state index in [2.05, 4.69) is 51.4 Å². The van der Waals surface area contributed by atoms with Gasteiger partial charge in [-0.2, -0.15) is 0 Å². The third-order valence-corrected chi connectivity index (χ3v) is 6.63. The Morgan fingerprint density at radius 2 is 1.57 bits per heavy atom. The van der Waals surface area contributed by atoms with Gasteiger partial charge in [-0.1, -0.05) is 25.0 Å². The van der Waals surface area contributed by atoms with E-state index in [9.17, 15) is 0 Å². The van der Waals surface area contributed by atoms with Crippen LogP contribution in [0.3, 0.4) is 0 Å². The molecule has 1 saturated heterocycles. The molecule has 4 rings (SSSR count). The van der Waals surface area contributed by atoms with E-state index in [1.807, 2.05) is 24.5 Å². The van der Waals surface area contributed by atoms with Crippen molar-refractivity contribution in [1.29, 1.82) is 0 Å². The maximum Gasteiger partial charge on any atom is 0.0438 e. The van der Waals surface area contributed by atoms with Crippen molar-refractivity contribution in [3.8, 4) is 0 Å². The second kappa shape index (κ2) is 9.53. The third-order valence-electron chi connectivity index (χ3n) is 6.63. The quantitative estimate of drug-likeness (QED) is 0.763. The normalized spacial score (nSPS) is 19.2. The first-order chi connectivity index (χ1) is 13.8. The molecule has 1 aliphatic heterocycles. The van der Waals surface area contributed by atoms with Gasteiger partial charge in [0, 0.05) is 43.4 Å². The monoisotopic (exact) mass is 378 g/mol. The molecule has 1 aliphatic carbocycles. The fraction of sp³-hybridized carbons (Fsp3) is 0.542. The van der Waals surface area contributed by atoms with Crippen molar-refractivity contribution in [2.24, 2.45) is 5.92 Å². The first kappa shape index (κ1) is 19.4. The lowest BCUT2D eigenvalue weighted by atomic mass is 9.95. The second-order valence-corrected chi connectivity index (χ2v) is 8.48. The van der Waals surface area contributed by atoms with Crippen LogP contribution in [-0.2, 0) is 6.54 Å². The number of hydrogen-bond acceptors (Lipinski definition) is 4. The molecule has 1 N–H and O–H groups in total. The van der Waals surface area contributed by atoms with Crippen molar-refractivity contribution in [1.82, 2.24) is 15.2 Å². The van der Waals surface area contributed by atoms with E-state index in [1.165, 1.54) is 62.9 Å². The number of piperidine rings is 1. The van der Waals surface area contributed by atoms with Gasteiger partial charge in [0.05, 0.1) is 0 Å². The van der Waals surface area contributed by atoms with Gasteiger partial charge in [-0.3, -0.25) is 4.98 Å². The molecule has 4 heteroatoms. The molecule has 1 aromatic heterocycles. The standard InChI is InChI=1S/C24H34N4/c1-27(23-10-14-25-15-11-23)22-8-6-20(7-9-22)18-26-19-21-12-16-28(17-13-21)24-4-2-3-5-24/h6-11,14-15,21,24,26H,2-5,12-13,16-19H2,1H3. The highest BCUT2D eigenvalue weighted by molar-refractivity contribution is 5.61. The van der Waals surface area contributed by atoms with Crippen molar-refractivity contribution in [3.05, 3.63) is 54.4 Å². The maximum absolute atomic E-state index is 4.09. The lowest BCUT2D eigenvalue weighted by molar-refractivity contribution is 0.133. The molecule has 2 aromatic rings.